The molecule has 3 aromatic rings. The molecule has 2 heterocycles. The van der Waals surface area contributed by atoms with Gasteiger partial charge in [0.1, 0.15) is 12.4 Å². The number of para-hydroxylation sites is 1. The van der Waals surface area contributed by atoms with Gasteiger partial charge in [-0.2, -0.15) is 0 Å². The molecule has 0 atom stereocenters. The summed E-state index contributed by atoms with van der Waals surface area (Å²) in [6.45, 7) is 4.84. The zero-order valence-corrected chi connectivity index (χ0v) is 15.8. The molecule has 0 unspecified atom stereocenters. The Balaban J connectivity index is 1.25. The topological polar surface area (TPSA) is 37.4 Å². The van der Waals surface area contributed by atoms with Gasteiger partial charge in [0.2, 0.25) is 0 Å². The Morgan fingerprint density at radius 3 is 2.81 bits per heavy atom. The van der Waals surface area contributed by atoms with Crippen molar-refractivity contribution in [3.8, 4) is 5.75 Å². The molecule has 4 rings (SSSR count). The van der Waals surface area contributed by atoms with Crippen molar-refractivity contribution in [3.63, 3.8) is 0 Å². The van der Waals surface area contributed by atoms with E-state index in [-0.39, 0.29) is 0 Å². The maximum atomic E-state index is 5.93. The van der Waals surface area contributed by atoms with Gasteiger partial charge in [0.25, 0.3) is 0 Å². The third-order valence-electron chi connectivity index (χ3n) is 4.69. The molecule has 1 saturated heterocycles. The monoisotopic (exact) mass is 367 g/mol. The van der Waals surface area contributed by atoms with Gasteiger partial charge >= 0.3 is 0 Å². The second kappa shape index (κ2) is 8.52. The highest BCUT2D eigenvalue weighted by molar-refractivity contribution is 7.22. The second-order valence-corrected chi connectivity index (χ2v) is 7.78. The third kappa shape index (κ3) is 4.54. The third-order valence-corrected chi connectivity index (χ3v) is 5.69. The molecule has 2 aromatic carbocycles. The minimum atomic E-state index is 0.628. The molecule has 1 aliphatic rings. The first-order valence-electron chi connectivity index (χ1n) is 9.40. The average Bonchev–Trinajstić information content (AvgIpc) is 3.09. The number of likely N-dealkylation sites (tertiary alicyclic amines) is 1. The zero-order chi connectivity index (χ0) is 17.6. The first kappa shape index (κ1) is 17.3. The molecule has 1 aliphatic heterocycles. The van der Waals surface area contributed by atoms with Crippen molar-refractivity contribution < 1.29 is 4.74 Å². The SMILES string of the molecule is c1cc(CN2CCCCC2)cc(OCCNc2nc3ccccc3s2)c1. The van der Waals surface area contributed by atoms with Crippen molar-refractivity contribution in [2.75, 3.05) is 31.6 Å². The van der Waals surface area contributed by atoms with Gasteiger partial charge < -0.3 is 10.1 Å². The lowest BCUT2D eigenvalue weighted by Gasteiger charge is -2.26. The van der Waals surface area contributed by atoms with Crippen LogP contribution in [0.1, 0.15) is 24.8 Å². The van der Waals surface area contributed by atoms with E-state index in [9.17, 15) is 0 Å². The Morgan fingerprint density at radius 1 is 1.04 bits per heavy atom. The average molecular weight is 368 g/mol. The van der Waals surface area contributed by atoms with Gasteiger partial charge in [-0.05, 0) is 55.8 Å². The summed E-state index contributed by atoms with van der Waals surface area (Å²) in [7, 11) is 0. The van der Waals surface area contributed by atoms with Crippen LogP contribution in [0, 0.1) is 0 Å². The number of nitrogens with one attached hydrogen (secondary N) is 1. The summed E-state index contributed by atoms with van der Waals surface area (Å²) in [5, 5.41) is 4.31. The molecule has 0 bridgehead atoms. The van der Waals surface area contributed by atoms with E-state index < -0.39 is 0 Å². The highest BCUT2D eigenvalue weighted by Gasteiger charge is 2.10. The van der Waals surface area contributed by atoms with E-state index in [2.05, 4.69) is 39.5 Å². The van der Waals surface area contributed by atoms with E-state index in [4.69, 9.17) is 4.74 Å². The van der Waals surface area contributed by atoms with Crippen LogP contribution in [0.3, 0.4) is 0 Å². The van der Waals surface area contributed by atoms with Gasteiger partial charge in [-0.1, -0.05) is 42.0 Å². The molecule has 0 aliphatic carbocycles. The molecule has 0 spiro atoms. The lowest BCUT2D eigenvalue weighted by Crippen LogP contribution is -2.29. The highest BCUT2D eigenvalue weighted by atomic mass is 32.1. The molecule has 1 aromatic heterocycles. The highest BCUT2D eigenvalue weighted by Crippen LogP contribution is 2.25. The Bertz CT molecular complexity index is 809. The van der Waals surface area contributed by atoms with Crippen molar-refractivity contribution >= 4 is 26.7 Å². The molecule has 4 nitrogen and oxygen atoms in total. The van der Waals surface area contributed by atoms with Gasteiger partial charge in [0, 0.05) is 6.54 Å². The lowest BCUT2D eigenvalue weighted by atomic mass is 10.1. The fraction of sp³-hybridized carbons (Fsp3) is 0.381. The fourth-order valence-corrected chi connectivity index (χ4v) is 4.28. The van der Waals surface area contributed by atoms with Gasteiger partial charge in [0.05, 0.1) is 16.8 Å². The summed E-state index contributed by atoms with van der Waals surface area (Å²) < 4.78 is 7.14. The number of benzene rings is 2. The number of nitrogens with zero attached hydrogens (tertiary/aromatic N) is 2. The first-order chi connectivity index (χ1) is 12.9. The number of ether oxygens (including phenoxy) is 1. The summed E-state index contributed by atoms with van der Waals surface area (Å²) >= 11 is 1.68. The second-order valence-electron chi connectivity index (χ2n) is 6.75. The van der Waals surface area contributed by atoms with Gasteiger partial charge in [-0.25, -0.2) is 4.98 Å². The van der Waals surface area contributed by atoms with Crippen LogP contribution < -0.4 is 10.1 Å². The Morgan fingerprint density at radius 2 is 1.92 bits per heavy atom. The number of aromatic nitrogens is 1. The van der Waals surface area contributed by atoms with E-state index in [1.54, 1.807) is 11.3 Å². The van der Waals surface area contributed by atoms with Crippen LogP contribution in [0.5, 0.6) is 5.75 Å². The van der Waals surface area contributed by atoms with E-state index in [0.29, 0.717) is 6.61 Å². The largest absolute Gasteiger partial charge is 0.492 e. The van der Waals surface area contributed by atoms with Gasteiger partial charge in [0.15, 0.2) is 5.13 Å². The van der Waals surface area contributed by atoms with Gasteiger partial charge in [-0.3, -0.25) is 4.90 Å². The Labute approximate surface area is 158 Å². The van der Waals surface area contributed by atoms with Crippen LogP contribution in [0.15, 0.2) is 48.5 Å². The van der Waals surface area contributed by atoms with Crippen LogP contribution in [-0.2, 0) is 6.54 Å². The summed E-state index contributed by atoms with van der Waals surface area (Å²) in [5.74, 6) is 0.950. The number of fused-ring (bicyclic) bond motifs is 1. The molecule has 136 valence electrons. The van der Waals surface area contributed by atoms with Crippen molar-refractivity contribution in [2.45, 2.75) is 25.8 Å². The van der Waals surface area contributed by atoms with E-state index in [0.717, 1.165) is 29.5 Å². The molecule has 1 N–H and O–H groups in total. The number of hydrogen-bond acceptors (Lipinski definition) is 5. The molecular weight excluding hydrogens is 342 g/mol. The molecular formula is C21H25N3OS. The number of piperidine rings is 1. The summed E-state index contributed by atoms with van der Waals surface area (Å²) in [6, 6.07) is 16.7. The van der Waals surface area contributed by atoms with Crippen LogP contribution in [0.2, 0.25) is 0 Å². The molecule has 5 heteroatoms. The van der Waals surface area contributed by atoms with Crippen LogP contribution >= 0.6 is 11.3 Å². The predicted molar refractivity (Wildman–Crippen MR) is 109 cm³/mol. The summed E-state index contributed by atoms with van der Waals surface area (Å²) in [6.07, 6.45) is 4.03. The van der Waals surface area contributed by atoms with Crippen molar-refractivity contribution in [1.82, 2.24) is 9.88 Å². The minimum Gasteiger partial charge on any atom is -0.492 e. The molecule has 1 fully saturated rings. The molecule has 0 radical (unpaired) electrons. The van der Waals surface area contributed by atoms with Crippen LogP contribution in [0.4, 0.5) is 5.13 Å². The maximum absolute atomic E-state index is 5.93. The predicted octanol–water partition coefficient (Wildman–Crippen LogP) is 4.77. The van der Waals surface area contributed by atoms with Crippen molar-refractivity contribution in [3.05, 3.63) is 54.1 Å². The lowest BCUT2D eigenvalue weighted by molar-refractivity contribution is 0.220. The van der Waals surface area contributed by atoms with Gasteiger partial charge in [-0.15, -0.1) is 0 Å². The summed E-state index contributed by atoms with van der Waals surface area (Å²) in [4.78, 5) is 7.12. The van der Waals surface area contributed by atoms with E-state index in [1.807, 2.05) is 24.3 Å². The number of hydrogen-bond donors (Lipinski definition) is 1. The standard InChI is InChI=1S/C21H25N3OS/c1-4-12-24(13-5-1)16-17-7-6-8-18(15-17)25-14-11-22-21-23-19-9-2-3-10-20(19)26-21/h2-3,6-10,15H,1,4-5,11-14,16H2,(H,22,23). The maximum Gasteiger partial charge on any atom is 0.183 e. The number of thiazole rings is 1. The van der Waals surface area contributed by atoms with Crippen molar-refractivity contribution in [1.29, 1.82) is 0 Å². The molecule has 0 amide bonds. The normalized spacial score (nSPS) is 15.2. The minimum absolute atomic E-state index is 0.628. The smallest absolute Gasteiger partial charge is 0.183 e. The van der Waals surface area contributed by atoms with E-state index in [1.165, 1.54) is 42.6 Å². The van der Waals surface area contributed by atoms with E-state index >= 15 is 0 Å². The quantitative estimate of drug-likeness (QED) is 0.610. The van der Waals surface area contributed by atoms with Crippen LogP contribution in [0.25, 0.3) is 10.2 Å². The fourth-order valence-electron chi connectivity index (χ4n) is 3.38. The summed E-state index contributed by atoms with van der Waals surface area (Å²) in [5.41, 5.74) is 2.38. The first-order valence-corrected chi connectivity index (χ1v) is 10.2. The Hall–Kier alpha value is -2.11. The number of anilines is 1. The molecule has 26 heavy (non-hydrogen) atoms. The number of rotatable bonds is 7. The van der Waals surface area contributed by atoms with Crippen molar-refractivity contribution in [2.24, 2.45) is 0 Å². The van der Waals surface area contributed by atoms with Crippen LogP contribution in [-0.4, -0.2) is 36.1 Å². The zero-order valence-electron chi connectivity index (χ0n) is 15.0. The molecule has 0 saturated carbocycles. The Kier molecular flexibility index (Phi) is 5.67.